The Labute approximate surface area is 146 Å². The summed E-state index contributed by atoms with van der Waals surface area (Å²) in [6.07, 6.45) is 0.196. The first kappa shape index (κ1) is 16.8. The Balaban J connectivity index is 1.64. The van der Waals surface area contributed by atoms with Gasteiger partial charge in [0.05, 0.1) is 0 Å². The Morgan fingerprint density at radius 2 is 1.92 bits per heavy atom. The van der Waals surface area contributed by atoms with Crippen LogP contribution < -0.4 is 19.7 Å². The highest BCUT2D eigenvalue weighted by molar-refractivity contribution is 5.95. The van der Waals surface area contributed by atoms with Gasteiger partial charge >= 0.3 is 0 Å². The van der Waals surface area contributed by atoms with Crippen molar-refractivity contribution in [2.45, 2.75) is 20.3 Å². The smallest absolute Gasteiger partial charge is 0.231 e. The van der Waals surface area contributed by atoms with Crippen LogP contribution in [0.2, 0.25) is 0 Å². The number of fused-ring (bicyclic) bond motifs is 1. The highest BCUT2D eigenvalue weighted by Crippen LogP contribution is 2.35. The maximum Gasteiger partial charge on any atom is 0.231 e. The van der Waals surface area contributed by atoms with Crippen LogP contribution in [0.4, 0.5) is 11.4 Å². The Hall–Kier alpha value is -3.02. The van der Waals surface area contributed by atoms with Crippen LogP contribution in [0, 0.1) is 6.92 Å². The van der Waals surface area contributed by atoms with E-state index >= 15 is 0 Å². The highest BCUT2D eigenvalue weighted by atomic mass is 16.7. The third-order valence-electron chi connectivity index (χ3n) is 3.91. The summed E-state index contributed by atoms with van der Waals surface area (Å²) in [5.41, 5.74) is 2.51. The molecule has 6 nitrogen and oxygen atoms in total. The van der Waals surface area contributed by atoms with Gasteiger partial charge in [0.25, 0.3) is 0 Å². The van der Waals surface area contributed by atoms with Crippen molar-refractivity contribution in [3.05, 3.63) is 48.0 Å². The van der Waals surface area contributed by atoms with Gasteiger partial charge in [-0.05, 0) is 36.8 Å². The summed E-state index contributed by atoms with van der Waals surface area (Å²) >= 11 is 0. The molecule has 0 unspecified atom stereocenters. The molecule has 0 aromatic heterocycles. The van der Waals surface area contributed by atoms with E-state index in [-0.39, 0.29) is 31.6 Å². The Bertz CT molecular complexity index is 804. The molecule has 0 saturated heterocycles. The van der Waals surface area contributed by atoms with Crippen molar-refractivity contribution in [1.29, 1.82) is 0 Å². The maximum absolute atomic E-state index is 12.2. The van der Waals surface area contributed by atoms with Crippen molar-refractivity contribution in [3.8, 4) is 11.5 Å². The number of nitrogens with one attached hydrogen (secondary N) is 1. The van der Waals surface area contributed by atoms with Gasteiger partial charge in [0.1, 0.15) is 0 Å². The minimum absolute atomic E-state index is 0.137. The zero-order valence-corrected chi connectivity index (χ0v) is 14.2. The molecule has 130 valence electrons. The molecule has 2 amide bonds. The standard InChI is InChI=1S/C19H20N2O4/c1-13-4-3-5-15(10-13)20-19(23)8-9-21(14(2)22)16-6-7-17-18(11-16)25-12-24-17/h3-7,10-11H,8-9,12H2,1-2H3,(H,20,23). The predicted octanol–water partition coefficient (Wildman–Crippen LogP) is 3.11. The molecular formula is C19H20N2O4. The van der Waals surface area contributed by atoms with Crippen LogP contribution in [0.15, 0.2) is 42.5 Å². The number of rotatable bonds is 5. The van der Waals surface area contributed by atoms with E-state index in [1.807, 2.05) is 31.2 Å². The van der Waals surface area contributed by atoms with Gasteiger partial charge < -0.3 is 19.7 Å². The summed E-state index contributed by atoms with van der Waals surface area (Å²) in [4.78, 5) is 25.7. The molecule has 0 saturated carbocycles. The predicted molar refractivity (Wildman–Crippen MR) is 95.0 cm³/mol. The summed E-state index contributed by atoms with van der Waals surface area (Å²) in [6.45, 7) is 3.90. The lowest BCUT2D eigenvalue weighted by atomic mass is 10.2. The highest BCUT2D eigenvalue weighted by Gasteiger charge is 2.19. The van der Waals surface area contributed by atoms with Gasteiger partial charge in [-0.25, -0.2) is 0 Å². The number of hydrogen-bond acceptors (Lipinski definition) is 4. The summed E-state index contributed by atoms with van der Waals surface area (Å²) in [5.74, 6) is 0.984. The molecule has 1 aliphatic rings. The minimum Gasteiger partial charge on any atom is -0.454 e. The van der Waals surface area contributed by atoms with Crippen molar-refractivity contribution in [2.75, 3.05) is 23.6 Å². The second-order valence-electron chi connectivity index (χ2n) is 5.88. The summed E-state index contributed by atoms with van der Waals surface area (Å²) < 4.78 is 10.6. The van der Waals surface area contributed by atoms with Gasteiger partial charge in [0.15, 0.2) is 11.5 Å². The van der Waals surface area contributed by atoms with E-state index in [0.717, 1.165) is 11.3 Å². The van der Waals surface area contributed by atoms with Crippen molar-refractivity contribution < 1.29 is 19.1 Å². The molecule has 2 aromatic carbocycles. The average Bonchev–Trinajstić information content (AvgIpc) is 3.02. The van der Waals surface area contributed by atoms with Crippen LogP contribution in [-0.2, 0) is 9.59 Å². The molecule has 1 aliphatic heterocycles. The van der Waals surface area contributed by atoms with E-state index in [1.54, 1.807) is 23.1 Å². The normalized spacial score (nSPS) is 11.9. The fraction of sp³-hybridized carbons (Fsp3) is 0.263. The van der Waals surface area contributed by atoms with Gasteiger partial charge in [-0.1, -0.05) is 12.1 Å². The van der Waals surface area contributed by atoms with E-state index in [1.165, 1.54) is 6.92 Å². The lowest BCUT2D eigenvalue weighted by molar-refractivity contribution is -0.117. The topological polar surface area (TPSA) is 67.9 Å². The number of carbonyl (C=O) groups is 2. The minimum atomic E-state index is -0.141. The summed E-state index contributed by atoms with van der Waals surface area (Å²) in [5, 5.41) is 2.85. The Morgan fingerprint density at radius 1 is 1.12 bits per heavy atom. The molecule has 0 atom stereocenters. The Kier molecular flexibility index (Phi) is 4.88. The van der Waals surface area contributed by atoms with Gasteiger partial charge in [0.2, 0.25) is 18.6 Å². The number of benzene rings is 2. The Morgan fingerprint density at radius 3 is 2.68 bits per heavy atom. The van der Waals surface area contributed by atoms with E-state index in [4.69, 9.17) is 9.47 Å². The third kappa shape index (κ3) is 4.09. The summed E-state index contributed by atoms with van der Waals surface area (Å²) in [6, 6.07) is 12.9. The molecule has 6 heteroatoms. The first-order valence-electron chi connectivity index (χ1n) is 8.07. The number of nitrogens with zero attached hydrogens (tertiary/aromatic N) is 1. The lowest BCUT2D eigenvalue weighted by Gasteiger charge is -2.21. The van der Waals surface area contributed by atoms with Crippen molar-refractivity contribution in [3.63, 3.8) is 0 Å². The van der Waals surface area contributed by atoms with Gasteiger partial charge in [-0.2, -0.15) is 0 Å². The molecule has 25 heavy (non-hydrogen) atoms. The molecule has 3 rings (SSSR count). The van der Waals surface area contributed by atoms with Gasteiger partial charge in [-0.3, -0.25) is 9.59 Å². The fourth-order valence-electron chi connectivity index (χ4n) is 2.68. The molecule has 1 heterocycles. The van der Waals surface area contributed by atoms with Crippen LogP contribution in [0.5, 0.6) is 11.5 Å². The first-order chi connectivity index (χ1) is 12.0. The SMILES string of the molecule is CC(=O)N(CCC(=O)Nc1cccc(C)c1)c1ccc2c(c1)OCO2. The average molecular weight is 340 g/mol. The second-order valence-corrected chi connectivity index (χ2v) is 5.88. The molecule has 0 radical (unpaired) electrons. The fourth-order valence-corrected chi connectivity index (χ4v) is 2.68. The number of carbonyl (C=O) groups excluding carboxylic acids is 2. The van der Waals surface area contributed by atoms with Crippen molar-refractivity contribution in [1.82, 2.24) is 0 Å². The van der Waals surface area contributed by atoms with Crippen LogP contribution in [0.25, 0.3) is 0 Å². The van der Waals surface area contributed by atoms with Crippen LogP contribution in [-0.4, -0.2) is 25.2 Å². The zero-order valence-electron chi connectivity index (χ0n) is 14.2. The molecule has 0 aliphatic carbocycles. The largest absolute Gasteiger partial charge is 0.454 e. The summed E-state index contributed by atoms with van der Waals surface area (Å²) in [7, 11) is 0. The lowest BCUT2D eigenvalue weighted by Crippen LogP contribution is -2.31. The molecular weight excluding hydrogens is 320 g/mol. The van der Waals surface area contributed by atoms with E-state index in [0.29, 0.717) is 17.2 Å². The third-order valence-corrected chi connectivity index (χ3v) is 3.91. The van der Waals surface area contributed by atoms with Gasteiger partial charge in [0, 0.05) is 37.3 Å². The van der Waals surface area contributed by atoms with Crippen LogP contribution >= 0.6 is 0 Å². The molecule has 0 spiro atoms. The van der Waals surface area contributed by atoms with E-state index < -0.39 is 0 Å². The van der Waals surface area contributed by atoms with Crippen LogP contribution in [0.3, 0.4) is 0 Å². The number of anilines is 2. The quantitative estimate of drug-likeness (QED) is 0.908. The maximum atomic E-state index is 12.2. The monoisotopic (exact) mass is 340 g/mol. The van der Waals surface area contributed by atoms with Gasteiger partial charge in [-0.15, -0.1) is 0 Å². The van der Waals surface area contributed by atoms with E-state index in [2.05, 4.69) is 5.32 Å². The second kappa shape index (κ2) is 7.25. The number of aryl methyl sites for hydroxylation is 1. The number of hydrogen-bond donors (Lipinski definition) is 1. The zero-order chi connectivity index (χ0) is 17.8. The van der Waals surface area contributed by atoms with Crippen LogP contribution in [0.1, 0.15) is 18.9 Å². The van der Waals surface area contributed by atoms with E-state index in [9.17, 15) is 9.59 Å². The van der Waals surface area contributed by atoms with Crippen molar-refractivity contribution in [2.24, 2.45) is 0 Å². The van der Waals surface area contributed by atoms with Crippen molar-refractivity contribution >= 4 is 23.2 Å². The first-order valence-corrected chi connectivity index (χ1v) is 8.07. The molecule has 0 fully saturated rings. The number of amides is 2. The number of ether oxygens (including phenoxy) is 2. The molecule has 2 aromatic rings. The molecule has 1 N–H and O–H groups in total. The molecule has 0 bridgehead atoms.